The van der Waals surface area contributed by atoms with Crippen molar-refractivity contribution in [1.29, 1.82) is 0 Å². The summed E-state index contributed by atoms with van der Waals surface area (Å²) in [5.74, 6) is 0. The first-order chi connectivity index (χ1) is 55.9. The van der Waals surface area contributed by atoms with Crippen LogP contribution in [0.2, 0.25) is 0 Å². The van der Waals surface area contributed by atoms with Crippen LogP contribution in [0.15, 0.2) is 0 Å². The molecule has 672 valence electrons. The van der Waals surface area contributed by atoms with E-state index in [2.05, 4.69) is 0 Å². The molecule has 0 aliphatic rings. The molecule has 0 aromatic carbocycles. The molecule has 0 atom stereocenters. The fourth-order valence-electron chi connectivity index (χ4n) is 1.22. The van der Waals surface area contributed by atoms with E-state index in [0.717, 1.165) is 0 Å². The first kappa shape index (κ1) is 137. The van der Waals surface area contributed by atoms with Crippen LogP contribution in [-0.2, 0) is 999 Å². The van der Waals surface area contributed by atoms with Crippen LogP contribution in [0.4, 0.5) is 0 Å². The van der Waals surface area contributed by atoms with Crippen LogP contribution in [0.1, 0.15) is 0 Å². The largest absolute Gasteiger partial charge is 0 e. The maximum absolute atomic E-state index is 4.83. The summed E-state index contributed by atoms with van der Waals surface area (Å²) in [5.41, 5.74) is 0. The lowest BCUT2D eigenvalue weighted by Crippen LogP contribution is -1.42. The van der Waals surface area contributed by atoms with E-state index in [0.29, 0.717) is 0 Å². The van der Waals surface area contributed by atoms with Gasteiger partial charge in [0.2, 0.25) is 0 Å². The van der Waals surface area contributed by atoms with Crippen molar-refractivity contribution in [2.45, 2.75) is 0 Å². The summed E-state index contributed by atoms with van der Waals surface area (Å²) in [7, 11) is 199. The number of rotatable bonds is 0. The van der Waals surface area contributed by atoms with Crippen molar-refractivity contribution >= 4 is 999 Å². The smallest absolute Gasteiger partial charge is 0 e. The molecule has 0 saturated carbocycles. The van der Waals surface area contributed by atoms with Gasteiger partial charge in [0.25, 0.3) is 0 Å². The van der Waals surface area contributed by atoms with Crippen LogP contribution < -0.4 is 0 Å². The van der Waals surface area contributed by atoms with E-state index >= 15 is 0 Å². The Balaban J connectivity index is 6.19. The Morgan fingerprint density at radius 3 is 0.0982 bits per heavy atom. The predicted octanol–water partition coefficient (Wildman–Crippen LogP) is -0.269. The van der Waals surface area contributed by atoms with E-state index in [1.165, 1.54) is 17.8 Å². The first-order valence-corrected chi connectivity index (χ1v) is 166. The van der Waals surface area contributed by atoms with Gasteiger partial charge in [-0.25, -0.2) is 0 Å². The lowest BCUT2D eigenvalue weighted by atomic mass is 30.7. The fraction of sp³-hybridized carbons (Fsp3) is 0. The van der Waals surface area contributed by atoms with Crippen LogP contribution in [0.3, 0.4) is 0 Å². The maximum atomic E-state index is 4.83. The topological polar surface area (TPSA) is 0 Å². The first-order valence-electron chi connectivity index (χ1n) is 18.5. The Labute approximate surface area is 967 Å². The molecule has 0 fully saturated rings. The second kappa shape index (κ2) is 136. The second-order valence-corrected chi connectivity index (χ2v) is 202. The Bertz CT molecular complexity index is 8440. The molecular weight excluding hydrogens is 3590 g/mol. The zero-order valence-electron chi connectivity index (χ0n) is 45.7. The van der Waals surface area contributed by atoms with Gasteiger partial charge in [0.15, 0.2) is 0 Å². The highest BCUT2D eigenvalue weighted by molar-refractivity contribution is 8.88. The quantitative estimate of drug-likeness (QED) is 0.329. The minimum Gasteiger partial charge on any atom is 0 e. The third-order valence-electron chi connectivity index (χ3n) is 3.03. The zero-order valence-corrected chi connectivity index (χ0v) is 137. The van der Waals surface area contributed by atoms with Gasteiger partial charge in [0.05, 0.1) is 0 Å². The molecule has 0 radical (unpaired) electrons. The average Bonchev–Trinajstić information content (AvgIpc) is 3.05. The van der Waals surface area contributed by atoms with Crippen LogP contribution >= 0.6 is 0 Å². The Kier molecular flexibility index (Phi) is 165. The van der Waals surface area contributed by atoms with E-state index in [4.69, 9.17) is 22.4 Å². The average molecular weight is 3590 g/mol. The van der Waals surface area contributed by atoms with Gasteiger partial charge in [-0.1, -0.05) is 0 Å². The summed E-state index contributed by atoms with van der Waals surface area (Å²) < 4.78 is 0. The zero-order chi connectivity index (χ0) is 79.8. The molecule has 0 amide bonds. The van der Waals surface area contributed by atoms with Crippen LogP contribution in [0, 0.1) is 0 Å². The van der Waals surface area contributed by atoms with Gasteiger partial charge in [-0.2, -0.15) is 0 Å². The van der Waals surface area contributed by atoms with Gasteiger partial charge in [-0.3, -0.25) is 0 Å². The molecule has 0 aromatic heterocycles. The van der Waals surface area contributed by atoms with Crippen molar-refractivity contribution in [1.82, 2.24) is 0 Å². The van der Waals surface area contributed by atoms with Crippen LogP contribution in [0.5, 0.6) is 0 Å². The standard InChI is InChI=1S/S112/c1-3-5-7-9-11-13-15-17-19-21-23-25-27-29-31-33-35-37-39-41-43-45-47-49-51-53-55-57-59-61-63-65-67-69-71-73-75-77-79-81-83-85-87-89-91-93-95-97-99-101-103-105-107-109-111-112-110-108-106-104-102-100-98-96-94-92-90-88-86-84-82-80-78-76-74-72-70-68-66-64-62-60-58-56-54-52-50-48-46-44-42-40-38-36-34-32-30-28-26-24-22-20-18-16-14-12-10-8-6-4-2. The fourth-order valence-corrected chi connectivity index (χ4v) is 298. The lowest BCUT2D eigenvalue weighted by molar-refractivity contribution is 5.95. The number of hydrogen-bond acceptors (Lipinski definition) is 2. The molecule has 112 heavy (non-hydrogen) atoms. The third-order valence-corrected chi connectivity index (χ3v) is 245. The Morgan fingerprint density at radius 2 is 0.0714 bits per heavy atom. The highest BCUT2D eigenvalue weighted by Gasteiger charge is 1.52. The normalized spacial score (nSPS) is 7.89. The molecule has 0 unspecified atom stereocenters. The molecule has 0 spiro atoms. The summed E-state index contributed by atoms with van der Waals surface area (Å²) in [4.78, 5) is 0. The summed E-state index contributed by atoms with van der Waals surface area (Å²) in [6.07, 6.45) is 0. The molecule has 0 nitrogen and oxygen atoms in total. The van der Waals surface area contributed by atoms with E-state index in [9.17, 15) is 0 Å². The van der Waals surface area contributed by atoms with Gasteiger partial charge >= 0.3 is 0 Å². The summed E-state index contributed by atoms with van der Waals surface area (Å²) in [5, 5.41) is 0. The lowest BCUT2D eigenvalue weighted by Gasteiger charge is -1.41. The summed E-state index contributed by atoms with van der Waals surface area (Å²) in [6.45, 7) is 0. The monoisotopic (exact) mass is 3580 g/mol. The van der Waals surface area contributed by atoms with Crippen molar-refractivity contribution in [2.24, 2.45) is 0 Å². The van der Waals surface area contributed by atoms with Crippen molar-refractivity contribution in [3.05, 3.63) is 0 Å². The molecule has 0 aliphatic heterocycles. The van der Waals surface area contributed by atoms with Gasteiger partial charge in [-0.05, 0) is 0 Å². The van der Waals surface area contributed by atoms with Crippen molar-refractivity contribution in [2.75, 3.05) is 0 Å². The molecule has 0 heterocycles. The molecule has 0 N–H and O–H groups in total. The van der Waals surface area contributed by atoms with Gasteiger partial charge in [0.1, 0.15) is 0 Å². The predicted molar refractivity (Wildman–Crippen MR) is 825 cm³/mol. The summed E-state index contributed by atoms with van der Waals surface area (Å²) >= 11 is 9.67. The second-order valence-electron chi connectivity index (χ2n) is 7.48. The SMILES string of the molecule is S=S=S=S=S=S=S=S=S=S=S=S=S=S=S=S=S=S=S=S=S=S=S=S=S=S=S=S=S=S=S=S=S=S=S=S=S=S=S=S=S=S=S=S=S=S=S=S=S=S=S=S=S=S=S=S=S=S=S=S=S=S=S=S=S=S=S=S=S=S=S=S=S=S=S=S=S=S=S=S=S=S=S=S=S=S=S=S=S=S=S=S=S=S=S=S=S=S=S=S=S=S=S=S=S=S=S=S=S=S=S=S. The van der Waals surface area contributed by atoms with Crippen molar-refractivity contribution < 1.29 is 0 Å². The maximum Gasteiger partial charge on any atom is 0 e. The van der Waals surface area contributed by atoms with E-state index in [1.807, 2.05) is 853 Å². The van der Waals surface area contributed by atoms with Crippen molar-refractivity contribution in [3.63, 3.8) is 0 Å². The highest BCUT2D eigenvalue weighted by Crippen LogP contribution is 1.52. The summed E-state index contributed by atoms with van der Waals surface area (Å²) in [6, 6.07) is 0. The third kappa shape index (κ3) is 135. The highest BCUT2D eigenvalue weighted by atomic mass is 33.6. The molecule has 0 bridgehead atoms. The molecular formula is S112. The minimum absolute atomic E-state index is 1.37. The number of hydrogen-bond donors (Lipinski definition) is 0. The molecule has 0 aromatic rings. The Morgan fingerprint density at radius 1 is 0.0446 bits per heavy atom. The van der Waals surface area contributed by atoms with Gasteiger partial charge < -0.3 is 0 Å². The van der Waals surface area contributed by atoms with E-state index in [-0.39, 0.29) is 0 Å². The minimum atomic E-state index is 1.37. The van der Waals surface area contributed by atoms with E-state index in [1.54, 1.807) is 107 Å². The molecule has 0 saturated heterocycles. The molecule has 112 heteroatoms. The van der Waals surface area contributed by atoms with Crippen LogP contribution in [0.25, 0.3) is 0 Å². The van der Waals surface area contributed by atoms with E-state index < -0.39 is 0 Å². The molecule has 0 rings (SSSR count). The molecule has 0 aliphatic carbocycles. The van der Waals surface area contributed by atoms with Crippen LogP contribution in [-0.4, -0.2) is 0 Å². The van der Waals surface area contributed by atoms with Crippen molar-refractivity contribution in [3.8, 4) is 0 Å². The van der Waals surface area contributed by atoms with Gasteiger partial charge in [-0.15, -0.1) is 0 Å². The van der Waals surface area contributed by atoms with Gasteiger partial charge in [0, 0.05) is 999 Å². The Hall–Kier alpha value is 24.6.